The number of aromatic hydroxyl groups is 3. The van der Waals surface area contributed by atoms with Gasteiger partial charge in [0.05, 0.1) is 55.3 Å². The first-order valence-corrected chi connectivity index (χ1v) is 27.7. The van der Waals surface area contributed by atoms with Crippen molar-refractivity contribution >= 4 is 0 Å². The van der Waals surface area contributed by atoms with Crippen LogP contribution in [0.4, 0.5) is 8.78 Å². The van der Waals surface area contributed by atoms with E-state index in [-0.39, 0.29) is 47.2 Å². The highest BCUT2D eigenvalue weighted by atomic mass is 19.1. The Kier molecular flexibility index (Phi) is 18.1. The van der Waals surface area contributed by atoms with Crippen molar-refractivity contribution in [3.8, 4) is 40.2 Å². The Morgan fingerprint density at radius 1 is 0.456 bits per heavy atom. The van der Waals surface area contributed by atoms with Gasteiger partial charge in [-0.15, -0.1) is 0 Å². The number of rotatable bonds is 16. The molecule has 3 saturated carbocycles. The number of fused-ring (bicyclic) bond motifs is 3. The summed E-state index contributed by atoms with van der Waals surface area (Å²) < 4.78 is 50.7. The van der Waals surface area contributed by atoms with E-state index >= 15 is 0 Å². The molecule has 0 radical (unpaired) electrons. The Labute approximate surface area is 460 Å². The van der Waals surface area contributed by atoms with E-state index in [4.69, 9.17) is 18.9 Å². The molecule has 79 heavy (non-hydrogen) atoms. The molecule has 0 amide bonds. The van der Waals surface area contributed by atoms with E-state index in [1.165, 1.54) is 30.6 Å². The second-order valence-corrected chi connectivity index (χ2v) is 22.4. The molecule has 3 saturated heterocycles. The molecule has 6 aliphatic rings. The molecule has 2 aromatic heterocycles. The van der Waals surface area contributed by atoms with Crippen LogP contribution in [0.25, 0.3) is 0 Å². The molecule has 6 fully saturated rings. The molecule has 0 bridgehead atoms. The van der Waals surface area contributed by atoms with Gasteiger partial charge < -0.3 is 49.6 Å². The normalized spacial score (nSPS) is 26.4. The highest BCUT2D eigenvalue weighted by Gasteiger charge is 2.45. The number of aromatic nitrogens is 2. The SMILES string of the molecule is COc1cccc(OC2C[C@@H]3CN(CC(O)c4ccc(O)cn4)C[C@@H]3C2)c1.Oc1ccc(C(O)CN2C[C@H]3CC(Oc4ccccc4F)C[C@H]3C2)cc1.Oc1ccc(C(O)CN2C[C@H]3CC(Oc4ccccc4F)C[C@H]3C2)nc1. The van der Waals surface area contributed by atoms with Crippen molar-refractivity contribution in [1.82, 2.24) is 24.7 Å². The predicted molar refractivity (Wildman–Crippen MR) is 292 cm³/mol. The van der Waals surface area contributed by atoms with Gasteiger partial charge in [0, 0.05) is 65.0 Å². The first kappa shape index (κ1) is 55.7. The van der Waals surface area contributed by atoms with Gasteiger partial charge in [0.1, 0.15) is 41.0 Å². The molecule has 5 heterocycles. The lowest BCUT2D eigenvalue weighted by Gasteiger charge is -2.22. The molecule has 6 N–H and O–H groups in total. The highest BCUT2D eigenvalue weighted by molar-refractivity contribution is 5.33. The predicted octanol–water partition coefficient (Wildman–Crippen LogP) is 8.72. The standard InChI is InChI=1S/C21H24FNO3.C21H26N2O4.C20H23FN2O3/c22-19-3-1-2-4-21(19)26-18-9-15-11-23(12-16(15)10-18)13-20(25)14-5-7-17(24)8-6-14;1-26-17-3-2-4-18(9-17)27-19-7-14-11-23(12-15(14)8-19)13-21(25)20-6-5-16(24)10-22-20;21-17-3-1-2-4-20(17)26-16-7-13-10-23(11-14(13)8-16)12-19(25)18-6-5-15(24)9-22-18/h1-8,15-16,18,20,24-25H,9-13H2;2-6,9-10,14-15,19,21,24-25H,7-8,11-13H2,1H3;1-6,9,13-14,16,19,24-25H,7-8,10-12H2/t15-,16+,18?,20?;14-,15+,19?,21?;13-,14+,16?,19?. The zero-order valence-electron chi connectivity index (χ0n) is 44.5. The molecule has 12 rings (SSSR count). The summed E-state index contributed by atoms with van der Waals surface area (Å²) >= 11 is 0. The van der Waals surface area contributed by atoms with Crippen molar-refractivity contribution in [2.75, 3.05) is 66.0 Å². The summed E-state index contributed by atoms with van der Waals surface area (Å²) in [4.78, 5) is 15.1. The van der Waals surface area contributed by atoms with Crippen LogP contribution in [-0.4, -0.2) is 140 Å². The van der Waals surface area contributed by atoms with Crippen molar-refractivity contribution in [1.29, 1.82) is 0 Å². The Balaban J connectivity index is 0.000000134. The van der Waals surface area contributed by atoms with Gasteiger partial charge in [0.25, 0.3) is 0 Å². The number of aliphatic hydroxyl groups is 3. The summed E-state index contributed by atoms with van der Waals surface area (Å²) in [6, 6.07) is 34.0. The van der Waals surface area contributed by atoms with Gasteiger partial charge >= 0.3 is 0 Å². The smallest absolute Gasteiger partial charge is 0.165 e. The van der Waals surface area contributed by atoms with E-state index in [2.05, 4.69) is 24.7 Å². The molecule has 6 aromatic rings. The number of pyridine rings is 2. The van der Waals surface area contributed by atoms with Crippen LogP contribution >= 0.6 is 0 Å². The number of phenolic OH excluding ortho intramolecular Hbond substituents is 1. The van der Waals surface area contributed by atoms with Crippen LogP contribution in [0.3, 0.4) is 0 Å². The second kappa shape index (κ2) is 25.7. The summed E-state index contributed by atoms with van der Waals surface area (Å²) in [5.74, 6) is 5.51. The van der Waals surface area contributed by atoms with Gasteiger partial charge in [-0.05, 0) is 152 Å². The van der Waals surface area contributed by atoms with Crippen LogP contribution in [-0.2, 0) is 0 Å². The third-order valence-corrected chi connectivity index (χ3v) is 16.8. The number of ether oxygens (including phenoxy) is 4. The van der Waals surface area contributed by atoms with Crippen LogP contribution in [0.5, 0.6) is 40.2 Å². The number of aliphatic hydroxyl groups excluding tert-OH is 3. The van der Waals surface area contributed by atoms with Gasteiger partial charge in [0.15, 0.2) is 23.1 Å². The molecular formula is C62H73F2N5O10. The van der Waals surface area contributed by atoms with Crippen molar-refractivity contribution in [3.05, 3.63) is 162 Å². The minimum Gasteiger partial charge on any atom is -0.508 e. The van der Waals surface area contributed by atoms with Gasteiger partial charge in [0.2, 0.25) is 0 Å². The number of nitrogens with zero attached hydrogens (tertiary/aromatic N) is 5. The summed E-state index contributed by atoms with van der Waals surface area (Å²) in [5, 5.41) is 59.2. The van der Waals surface area contributed by atoms with E-state index in [0.717, 1.165) is 94.9 Å². The van der Waals surface area contributed by atoms with Crippen molar-refractivity contribution in [2.24, 2.45) is 35.5 Å². The number of β-amino-alcohol motifs (C(OH)–C–C–N with tert-alkyl or cyclic N) is 3. The quantitative estimate of drug-likeness (QED) is 0.0539. The number of para-hydroxylation sites is 2. The largest absolute Gasteiger partial charge is 0.508 e. The van der Waals surface area contributed by atoms with E-state index < -0.39 is 18.3 Å². The van der Waals surface area contributed by atoms with Crippen molar-refractivity contribution in [2.45, 2.75) is 75.1 Å². The van der Waals surface area contributed by atoms with Crippen molar-refractivity contribution < 1.29 is 58.4 Å². The van der Waals surface area contributed by atoms with Crippen LogP contribution in [0.15, 0.2) is 134 Å². The van der Waals surface area contributed by atoms with E-state index in [0.29, 0.717) is 78.0 Å². The molecule has 15 nitrogen and oxygen atoms in total. The zero-order valence-corrected chi connectivity index (χ0v) is 44.5. The van der Waals surface area contributed by atoms with Crippen LogP contribution < -0.4 is 18.9 Å². The molecule has 3 aliphatic carbocycles. The number of likely N-dealkylation sites (tertiary alicyclic amines) is 3. The molecule has 17 heteroatoms. The number of halogens is 2. The number of hydrogen-bond donors (Lipinski definition) is 6. The zero-order chi connectivity index (χ0) is 55.0. The number of benzene rings is 4. The fourth-order valence-corrected chi connectivity index (χ4v) is 13.0. The van der Waals surface area contributed by atoms with Gasteiger partial charge in [-0.25, -0.2) is 8.78 Å². The minimum absolute atomic E-state index is 0.0627. The van der Waals surface area contributed by atoms with E-state index in [9.17, 15) is 39.4 Å². The number of phenols is 1. The maximum atomic E-state index is 13.7. The second-order valence-electron chi connectivity index (χ2n) is 22.4. The number of hydrogen-bond acceptors (Lipinski definition) is 15. The average molecular weight is 1090 g/mol. The van der Waals surface area contributed by atoms with Gasteiger partial charge in [-0.2, -0.15) is 0 Å². The first-order chi connectivity index (χ1) is 38.3. The summed E-state index contributed by atoms with van der Waals surface area (Å²) in [5.41, 5.74) is 1.99. The maximum absolute atomic E-state index is 13.7. The molecule has 6 unspecified atom stereocenters. The fourth-order valence-electron chi connectivity index (χ4n) is 13.0. The highest BCUT2D eigenvalue weighted by Crippen LogP contribution is 2.43. The molecule has 3 aliphatic heterocycles. The monoisotopic (exact) mass is 1090 g/mol. The van der Waals surface area contributed by atoms with Crippen molar-refractivity contribution in [3.63, 3.8) is 0 Å². The topological polar surface area (TPSA) is 194 Å². The van der Waals surface area contributed by atoms with Crippen LogP contribution in [0, 0.1) is 47.1 Å². The Morgan fingerprint density at radius 3 is 1.23 bits per heavy atom. The molecule has 0 spiro atoms. The summed E-state index contributed by atoms with van der Waals surface area (Å²) in [6.07, 6.45) is 7.06. The molecule has 420 valence electrons. The molecule has 12 atom stereocenters. The third-order valence-electron chi connectivity index (χ3n) is 16.8. The summed E-state index contributed by atoms with van der Waals surface area (Å²) in [6.45, 7) is 7.38. The lowest BCUT2D eigenvalue weighted by molar-refractivity contribution is 0.112. The maximum Gasteiger partial charge on any atom is 0.165 e. The molecule has 4 aromatic carbocycles. The minimum atomic E-state index is -0.667. The Bertz CT molecular complexity index is 2720. The van der Waals surface area contributed by atoms with E-state index in [1.807, 2.05) is 24.3 Å². The lowest BCUT2D eigenvalue weighted by atomic mass is 10.0. The van der Waals surface area contributed by atoms with Gasteiger partial charge in [-0.1, -0.05) is 42.5 Å². The summed E-state index contributed by atoms with van der Waals surface area (Å²) in [7, 11) is 1.66. The van der Waals surface area contributed by atoms with Crippen LogP contribution in [0.1, 0.15) is 73.8 Å². The number of methoxy groups -OCH3 is 1. The van der Waals surface area contributed by atoms with E-state index in [1.54, 1.807) is 86.0 Å². The fraction of sp³-hybridized carbons (Fsp3) is 0.452. The lowest BCUT2D eigenvalue weighted by Crippen LogP contribution is -2.29. The van der Waals surface area contributed by atoms with Gasteiger partial charge in [-0.3, -0.25) is 24.7 Å². The Morgan fingerprint density at radius 2 is 0.835 bits per heavy atom. The average Bonchev–Trinajstić information content (AvgIpc) is 4.36. The Hall–Kier alpha value is -6.60. The first-order valence-electron chi connectivity index (χ1n) is 27.7. The van der Waals surface area contributed by atoms with Crippen LogP contribution in [0.2, 0.25) is 0 Å². The molecular weight excluding hydrogens is 1010 g/mol. The third kappa shape index (κ3) is 14.6.